The molecule has 0 saturated carbocycles. The van der Waals surface area contributed by atoms with Crippen molar-refractivity contribution >= 4 is 18.0 Å². The van der Waals surface area contributed by atoms with Crippen molar-refractivity contribution in [1.82, 2.24) is 10.6 Å². The number of carboxylic acid groups (broad SMARTS) is 1. The molecule has 7 nitrogen and oxygen atoms in total. The number of ether oxygens (including phenoxy) is 1. The average molecular weight is 286 g/mol. The number of rotatable bonds is 4. The second-order valence-corrected chi connectivity index (χ2v) is 6.12. The topological polar surface area (TPSA) is 105 Å². The van der Waals surface area contributed by atoms with Crippen LogP contribution in [0.1, 0.15) is 34.6 Å². The third-order valence-corrected chi connectivity index (χ3v) is 3.21. The molecule has 1 rings (SSSR count). The quantitative estimate of drug-likeness (QED) is 0.661. The Morgan fingerprint density at radius 3 is 2.30 bits per heavy atom. The average Bonchev–Trinajstić information content (AvgIpc) is 2.21. The van der Waals surface area contributed by atoms with Gasteiger partial charge < -0.3 is 20.5 Å². The van der Waals surface area contributed by atoms with Crippen molar-refractivity contribution in [3.05, 3.63) is 0 Å². The number of β-lactam (4-membered cyclic amide) rings is 1. The summed E-state index contributed by atoms with van der Waals surface area (Å²) in [5.74, 6) is -2.51. The zero-order valence-corrected chi connectivity index (χ0v) is 12.4. The Hall–Kier alpha value is -1.79. The van der Waals surface area contributed by atoms with Gasteiger partial charge in [-0.3, -0.25) is 9.59 Å². The van der Waals surface area contributed by atoms with E-state index in [2.05, 4.69) is 10.6 Å². The van der Waals surface area contributed by atoms with Crippen LogP contribution in [0.15, 0.2) is 0 Å². The summed E-state index contributed by atoms with van der Waals surface area (Å²) in [6, 6.07) is -0.977. The van der Waals surface area contributed by atoms with Crippen LogP contribution in [0.4, 0.5) is 4.79 Å². The number of amides is 2. The van der Waals surface area contributed by atoms with Crippen LogP contribution >= 0.6 is 0 Å². The van der Waals surface area contributed by atoms with E-state index in [1.165, 1.54) is 6.92 Å². The lowest BCUT2D eigenvalue weighted by Gasteiger charge is -2.42. The third-order valence-electron chi connectivity index (χ3n) is 3.21. The monoisotopic (exact) mass is 286 g/mol. The minimum absolute atomic E-state index is 0.258. The molecule has 1 fully saturated rings. The van der Waals surface area contributed by atoms with Crippen molar-refractivity contribution in [2.45, 2.75) is 52.3 Å². The Morgan fingerprint density at radius 1 is 1.35 bits per heavy atom. The zero-order valence-electron chi connectivity index (χ0n) is 12.4. The highest BCUT2D eigenvalue weighted by molar-refractivity contribution is 5.89. The molecule has 0 radical (unpaired) electrons. The molecule has 1 heterocycles. The molecule has 4 atom stereocenters. The largest absolute Gasteiger partial charge is 0.481 e. The molecule has 114 valence electrons. The molecule has 0 aliphatic carbocycles. The van der Waals surface area contributed by atoms with E-state index in [1.54, 1.807) is 27.7 Å². The van der Waals surface area contributed by atoms with E-state index in [-0.39, 0.29) is 5.91 Å². The second kappa shape index (κ2) is 5.68. The van der Waals surface area contributed by atoms with Crippen LogP contribution in [0.25, 0.3) is 0 Å². The van der Waals surface area contributed by atoms with Crippen molar-refractivity contribution < 1.29 is 24.2 Å². The fourth-order valence-corrected chi connectivity index (χ4v) is 2.13. The summed E-state index contributed by atoms with van der Waals surface area (Å²) in [6.07, 6.45) is -0.619. The highest BCUT2D eigenvalue weighted by Gasteiger charge is 2.48. The Kier molecular flexibility index (Phi) is 4.62. The van der Waals surface area contributed by atoms with Crippen LogP contribution in [-0.2, 0) is 14.3 Å². The standard InChI is InChI=1S/C13H22N2O5/c1-6(11(17)18)9-8(10(16)15-9)7(2)14-12(19)20-13(3,4)5/h6-9H,1-5H3,(H,14,19)(H,15,16)(H,17,18)/t6-,7-,8-,9-/m1/s1. The lowest BCUT2D eigenvalue weighted by Crippen LogP contribution is -2.67. The fourth-order valence-electron chi connectivity index (χ4n) is 2.13. The minimum atomic E-state index is -0.982. The lowest BCUT2D eigenvalue weighted by molar-refractivity contribution is -0.148. The lowest BCUT2D eigenvalue weighted by atomic mass is 9.78. The summed E-state index contributed by atoms with van der Waals surface area (Å²) in [7, 11) is 0. The van der Waals surface area contributed by atoms with Crippen molar-refractivity contribution in [3.8, 4) is 0 Å². The minimum Gasteiger partial charge on any atom is -0.481 e. The van der Waals surface area contributed by atoms with Crippen molar-refractivity contribution in [1.29, 1.82) is 0 Å². The molecule has 1 aliphatic rings. The van der Waals surface area contributed by atoms with Crippen molar-refractivity contribution in [2.24, 2.45) is 11.8 Å². The van der Waals surface area contributed by atoms with Crippen LogP contribution < -0.4 is 10.6 Å². The van der Waals surface area contributed by atoms with Gasteiger partial charge in [0.05, 0.1) is 17.9 Å². The highest BCUT2D eigenvalue weighted by Crippen LogP contribution is 2.26. The van der Waals surface area contributed by atoms with Crippen LogP contribution in [0.3, 0.4) is 0 Å². The second-order valence-electron chi connectivity index (χ2n) is 6.12. The van der Waals surface area contributed by atoms with E-state index in [9.17, 15) is 14.4 Å². The molecule has 1 saturated heterocycles. The molecule has 0 aromatic carbocycles. The first-order valence-electron chi connectivity index (χ1n) is 6.55. The van der Waals surface area contributed by atoms with Gasteiger partial charge in [0.25, 0.3) is 0 Å². The van der Waals surface area contributed by atoms with Crippen molar-refractivity contribution in [3.63, 3.8) is 0 Å². The molecular formula is C13H22N2O5. The number of alkyl carbamates (subject to hydrolysis) is 1. The molecule has 20 heavy (non-hydrogen) atoms. The molecule has 1 aliphatic heterocycles. The van der Waals surface area contributed by atoms with Gasteiger partial charge in [-0.2, -0.15) is 0 Å². The van der Waals surface area contributed by atoms with Gasteiger partial charge in [-0.05, 0) is 34.6 Å². The van der Waals surface area contributed by atoms with Crippen LogP contribution in [0, 0.1) is 11.8 Å². The maximum Gasteiger partial charge on any atom is 0.407 e. The number of carboxylic acids is 1. The zero-order chi connectivity index (χ0) is 15.7. The SMILES string of the molecule is C[C@@H](NC(=O)OC(C)(C)C)[C@H]1C(=O)N[C@@H]1[C@@H](C)C(=O)O. The first kappa shape index (κ1) is 16.3. The highest BCUT2D eigenvalue weighted by atomic mass is 16.6. The first-order valence-corrected chi connectivity index (χ1v) is 6.55. The van der Waals surface area contributed by atoms with E-state index in [1.807, 2.05) is 0 Å². The normalized spacial score (nSPS) is 24.9. The van der Waals surface area contributed by atoms with E-state index < -0.39 is 41.6 Å². The smallest absolute Gasteiger partial charge is 0.407 e. The summed E-state index contributed by atoms with van der Waals surface area (Å²) in [5.41, 5.74) is -0.626. The molecule has 3 N–H and O–H groups in total. The fraction of sp³-hybridized carbons (Fsp3) is 0.769. The number of hydrogen-bond acceptors (Lipinski definition) is 4. The molecule has 0 spiro atoms. The summed E-state index contributed by atoms with van der Waals surface area (Å²) in [6.45, 7) is 8.41. The predicted octanol–water partition coefficient (Wildman–Crippen LogP) is 0.735. The summed E-state index contributed by atoms with van der Waals surface area (Å²) in [5, 5.41) is 14.1. The molecule has 0 bridgehead atoms. The first-order chi connectivity index (χ1) is 9.03. The Labute approximate surface area is 118 Å². The summed E-state index contributed by atoms with van der Waals surface area (Å²) in [4.78, 5) is 34.2. The van der Waals surface area contributed by atoms with Gasteiger partial charge in [0.1, 0.15) is 5.60 Å². The Balaban J connectivity index is 2.62. The summed E-state index contributed by atoms with van der Waals surface area (Å²) >= 11 is 0. The number of hydrogen-bond donors (Lipinski definition) is 3. The van der Waals surface area contributed by atoms with Gasteiger partial charge in [0, 0.05) is 6.04 Å². The molecule has 0 aromatic rings. The van der Waals surface area contributed by atoms with Crippen LogP contribution in [-0.4, -0.2) is 40.8 Å². The van der Waals surface area contributed by atoms with Gasteiger partial charge in [-0.25, -0.2) is 4.79 Å². The molecular weight excluding hydrogens is 264 g/mol. The maximum atomic E-state index is 11.6. The van der Waals surface area contributed by atoms with E-state index in [0.29, 0.717) is 0 Å². The van der Waals surface area contributed by atoms with E-state index in [0.717, 1.165) is 0 Å². The van der Waals surface area contributed by atoms with Crippen LogP contribution in [0.2, 0.25) is 0 Å². The van der Waals surface area contributed by atoms with Gasteiger partial charge in [-0.15, -0.1) is 0 Å². The molecule has 7 heteroatoms. The molecule has 0 unspecified atom stereocenters. The van der Waals surface area contributed by atoms with E-state index >= 15 is 0 Å². The van der Waals surface area contributed by atoms with Crippen molar-refractivity contribution in [2.75, 3.05) is 0 Å². The Morgan fingerprint density at radius 2 is 1.90 bits per heavy atom. The van der Waals surface area contributed by atoms with Gasteiger partial charge in [0.2, 0.25) is 5.91 Å². The maximum absolute atomic E-state index is 11.6. The van der Waals surface area contributed by atoms with Gasteiger partial charge in [0.15, 0.2) is 0 Å². The van der Waals surface area contributed by atoms with Gasteiger partial charge in [-0.1, -0.05) is 0 Å². The van der Waals surface area contributed by atoms with Gasteiger partial charge >= 0.3 is 12.1 Å². The molecule has 2 amide bonds. The third kappa shape index (κ3) is 3.85. The number of carbonyl (C=O) groups excluding carboxylic acids is 2. The predicted molar refractivity (Wildman–Crippen MR) is 71.1 cm³/mol. The Bertz CT molecular complexity index is 415. The molecule has 0 aromatic heterocycles. The number of nitrogens with one attached hydrogen (secondary N) is 2. The summed E-state index contributed by atoms with van der Waals surface area (Å²) < 4.78 is 5.11. The number of carbonyl (C=O) groups is 3. The number of aliphatic carboxylic acids is 1. The van der Waals surface area contributed by atoms with Crippen LogP contribution in [0.5, 0.6) is 0 Å². The van der Waals surface area contributed by atoms with E-state index in [4.69, 9.17) is 9.84 Å².